The minimum Gasteiger partial charge on any atom is -0.497 e. The number of esters is 1. The lowest BCUT2D eigenvalue weighted by Gasteiger charge is -2.29. The van der Waals surface area contributed by atoms with E-state index < -0.39 is 27.9 Å². The fourth-order valence-electron chi connectivity index (χ4n) is 2.46. The summed E-state index contributed by atoms with van der Waals surface area (Å²) in [5, 5.41) is 10.4. The van der Waals surface area contributed by atoms with Gasteiger partial charge in [0.15, 0.2) is 4.34 Å². The lowest BCUT2D eigenvalue weighted by atomic mass is 10.2. The highest BCUT2D eigenvalue weighted by Crippen LogP contribution is 2.35. The van der Waals surface area contributed by atoms with Crippen LogP contribution in [0.3, 0.4) is 0 Å². The summed E-state index contributed by atoms with van der Waals surface area (Å²) in [7, 11) is 0.236. The lowest BCUT2D eigenvalue weighted by molar-refractivity contribution is -0.137. The zero-order valence-electron chi connectivity index (χ0n) is 17.4. The first kappa shape index (κ1) is 24.7. The third kappa shape index (κ3) is 6.45. The van der Waals surface area contributed by atoms with Crippen LogP contribution in [0.25, 0.3) is 0 Å². The Hall–Kier alpha value is -2.58. The summed E-state index contributed by atoms with van der Waals surface area (Å²) in [4.78, 5) is 24.0. The van der Waals surface area contributed by atoms with E-state index in [2.05, 4.69) is 20.3 Å². The summed E-state index contributed by atoms with van der Waals surface area (Å²) in [5.41, 5.74) is 0.151. The summed E-state index contributed by atoms with van der Waals surface area (Å²) >= 11 is 2.16. The standard InChI is InChI=1S/C17H22N4O7S3/c1-10(15(23)18-16-19-20-17(30-16)29-9-14(22)28-4)21(31(5,24)25)12-8-11(26-2)6-7-13(12)27-3/h6-8,10H,9H2,1-5H3,(H,18,19,23)/t10-/m1/s1. The van der Waals surface area contributed by atoms with Crippen molar-refractivity contribution in [3.8, 4) is 11.5 Å². The number of rotatable bonds is 10. The second-order valence-electron chi connectivity index (χ2n) is 6.00. The van der Waals surface area contributed by atoms with Gasteiger partial charge in [-0.1, -0.05) is 23.1 Å². The van der Waals surface area contributed by atoms with Crippen LogP contribution < -0.4 is 19.1 Å². The van der Waals surface area contributed by atoms with E-state index in [0.29, 0.717) is 10.1 Å². The Labute approximate surface area is 188 Å². The van der Waals surface area contributed by atoms with Crippen molar-refractivity contribution in [2.45, 2.75) is 17.3 Å². The molecule has 1 heterocycles. The molecule has 0 radical (unpaired) electrons. The van der Waals surface area contributed by atoms with Crippen LogP contribution in [-0.2, 0) is 24.3 Å². The predicted molar refractivity (Wildman–Crippen MR) is 118 cm³/mol. The van der Waals surface area contributed by atoms with Gasteiger partial charge in [0.25, 0.3) is 0 Å². The first-order chi connectivity index (χ1) is 14.6. The van der Waals surface area contributed by atoms with E-state index in [9.17, 15) is 18.0 Å². The van der Waals surface area contributed by atoms with Crippen LogP contribution in [-0.4, -0.2) is 69.9 Å². The van der Waals surface area contributed by atoms with Gasteiger partial charge in [0, 0.05) is 6.07 Å². The number of sulfonamides is 1. The molecule has 0 bridgehead atoms. The number of thioether (sulfide) groups is 1. The number of methoxy groups -OCH3 is 3. The van der Waals surface area contributed by atoms with Crippen molar-refractivity contribution >= 4 is 55.8 Å². The molecule has 11 nitrogen and oxygen atoms in total. The van der Waals surface area contributed by atoms with Crippen LogP contribution in [0.5, 0.6) is 11.5 Å². The molecule has 0 spiro atoms. The molecule has 1 amide bonds. The molecule has 0 saturated heterocycles. The predicted octanol–water partition coefficient (Wildman–Crippen LogP) is 1.61. The molecule has 0 aliphatic carbocycles. The van der Waals surface area contributed by atoms with Crippen molar-refractivity contribution in [1.29, 1.82) is 0 Å². The van der Waals surface area contributed by atoms with Crippen LogP contribution in [0.2, 0.25) is 0 Å². The third-order valence-electron chi connectivity index (χ3n) is 3.89. The number of amides is 1. The first-order valence-electron chi connectivity index (χ1n) is 8.66. The Morgan fingerprint density at radius 2 is 1.94 bits per heavy atom. The van der Waals surface area contributed by atoms with Crippen LogP contribution >= 0.6 is 23.1 Å². The van der Waals surface area contributed by atoms with Crippen LogP contribution in [0, 0.1) is 0 Å². The maximum atomic E-state index is 12.8. The maximum Gasteiger partial charge on any atom is 0.316 e. The Bertz CT molecular complexity index is 1040. The topological polar surface area (TPSA) is 137 Å². The quantitative estimate of drug-likeness (QED) is 0.297. The van der Waals surface area contributed by atoms with Gasteiger partial charge in [0.2, 0.25) is 21.1 Å². The van der Waals surface area contributed by atoms with Gasteiger partial charge < -0.3 is 14.2 Å². The molecule has 2 rings (SSSR count). The monoisotopic (exact) mass is 490 g/mol. The number of aromatic nitrogens is 2. The number of nitrogens with zero attached hydrogens (tertiary/aromatic N) is 3. The Morgan fingerprint density at radius 1 is 1.23 bits per heavy atom. The van der Waals surface area contributed by atoms with Crippen molar-refractivity contribution in [3.05, 3.63) is 18.2 Å². The van der Waals surface area contributed by atoms with Crippen molar-refractivity contribution in [2.24, 2.45) is 0 Å². The van der Waals surface area contributed by atoms with E-state index in [1.807, 2.05) is 0 Å². The minimum atomic E-state index is -3.88. The molecule has 0 aliphatic heterocycles. The molecule has 14 heteroatoms. The molecular formula is C17H22N4O7S3. The van der Waals surface area contributed by atoms with Crippen LogP contribution in [0.15, 0.2) is 22.5 Å². The number of benzene rings is 1. The first-order valence-corrected chi connectivity index (χ1v) is 12.3. The van der Waals surface area contributed by atoms with E-state index in [0.717, 1.165) is 33.7 Å². The van der Waals surface area contributed by atoms with E-state index in [1.54, 1.807) is 12.1 Å². The Balaban J connectivity index is 2.25. The van der Waals surface area contributed by atoms with Crippen LogP contribution in [0.1, 0.15) is 6.92 Å². The van der Waals surface area contributed by atoms with E-state index in [-0.39, 0.29) is 22.3 Å². The van der Waals surface area contributed by atoms with Gasteiger partial charge in [-0.3, -0.25) is 19.2 Å². The van der Waals surface area contributed by atoms with Gasteiger partial charge in [-0.25, -0.2) is 8.42 Å². The summed E-state index contributed by atoms with van der Waals surface area (Å²) in [6.45, 7) is 1.43. The molecule has 31 heavy (non-hydrogen) atoms. The zero-order chi connectivity index (χ0) is 23.2. The second-order valence-corrected chi connectivity index (χ2v) is 10.1. The number of hydrogen-bond acceptors (Lipinski definition) is 11. The molecule has 2 aromatic rings. The molecule has 0 unspecified atom stereocenters. The van der Waals surface area contributed by atoms with Gasteiger partial charge in [-0.2, -0.15) is 0 Å². The molecule has 1 N–H and O–H groups in total. The largest absolute Gasteiger partial charge is 0.497 e. The summed E-state index contributed by atoms with van der Waals surface area (Å²) in [6.07, 6.45) is 0.988. The number of anilines is 2. The average molecular weight is 491 g/mol. The zero-order valence-corrected chi connectivity index (χ0v) is 19.9. The number of nitrogens with one attached hydrogen (secondary N) is 1. The minimum absolute atomic E-state index is 0.0486. The van der Waals surface area contributed by atoms with Gasteiger partial charge in [0.05, 0.1) is 39.0 Å². The second kappa shape index (κ2) is 10.6. The molecule has 1 atom stereocenters. The number of ether oxygens (including phenoxy) is 3. The third-order valence-corrected chi connectivity index (χ3v) is 7.06. The number of carbonyl (C=O) groups is 2. The van der Waals surface area contributed by atoms with Gasteiger partial charge in [-0.15, -0.1) is 10.2 Å². The Morgan fingerprint density at radius 3 is 2.52 bits per heavy atom. The maximum absolute atomic E-state index is 12.8. The smallest absolute Gasteiger partial charge is 0.316 e. The molecular weight excluding hydrogens is 468 g/mol. The summed E-state index contributed by atoms with van der Waals surface area (Å²) < 4.78 is 41.5. The molecule has 170 valence electrons. The van der Waals surface area contributed by atoms with Gasteiger partial charge >= 0.3 is 5.97 Å². The molecule has 0 fully saturated rings. The SMILES string of the molecule is COC(=O)CSc1nnc(NC(=O)[C@@H](C)N(c2cc(OC)ccc2OC)S(C)(=O)=O)s1. The average Bonchev–Trinajstić information content (AvgIpc) is 3.18. The number of hydrogen-bond donors (Lipinski definition) is 1. The summed E-state index contributed by atoms with van der Waals surface area (Å²) in [6, 6.07) is 3.48. The van der Waals surface area contributed by atoms with Crippen molar-refractivity contribution in [2.75, 3.05) is 43.0 Å². The lowest BCUT2D eigenvalue weighted by Crippen LogP contribution is -2.45. The molecule has 0 saturated carbocycles. The van der Waals surface area contributed by atoms with E-state index in [1.165, 1.54) is 34.3 Å². The molecule has 1 aromatic heterocycles. The van der Waals surface area contributed by atoms with Crippen molar-refractivity contribution in [3.63, 3.8) is 0 Å². The van der Waals surface area contributed by atoms with Gasteiger partial charge in [0.1, 0.15) is 17.5 Å². The van der Waals surface area contributed by atoms with Gasteiger partial charge in [-0.05, 0) is 19.1 Å². The normalized spacial score (nSPS) is 12.0. The summed E-state index contributed by atoms with van der Waals surface area (Å²) in [5.74, 6) is -0.351. The van der Waals surface area contributed by atoms with E-state index >= 15 is 0 Å². The fourth-order valence-corrected chi connectivity index (χ4v) is 5.22. The fraction of sp³-hybridized carbons (Fsp3) is 0.412. The highest BCUT2D eigenvalue weighted by atomic mass is 32.2. The number of carbonyl (C=O) groups excluding carboxylic acids is 2. The van der Waals surface area contributed by atoms with Crippen molar-refractivity contribution in [1.82, 2.24) is 10.2 Å². The highest BCUT2D eigenvalue weighted by molar-refractivity contribution is 8.01. The van der Waals surface area contributed by atoms with Crippen molar-refractivity contribution < 1.29 is 32.2 Å². The Kier molecular flexibility index (Phi) is 8.47. The van der Waals surface area contributed by atoms with E-state index in [4.69, 9.17) is 9.47 Å². The molecule has 0 aliphatic rings. The molecule has 1 aromatic carbocycles. The van der Waals surface area contributed by atoms with Crippen LogP contribution in [0.4, 0.5) is 10.8 Å². The highest BCUT2D eigenvalue weighted by Gasteiger charge is 2.32.